The van der Waals surface area contributed by atoms with Gasteiger partial charge in [0.1, 0.15) is 0 Å². The van der Waals surface area contributed by atoms with Gasteiger partial charge in [0.15, 0.2) is 0 Å². The third kappa shape index (κ3) is 6.02. The Kier molecular flexibility index (Phi) is 4.92. The van der Waals surface area contributed by atoms with Gasteiger partial charge < -0.3 is 10.4 Å². The third-order valence-electron chi connectivity index (χ3n) is 2.48. The van der Waals surface area contributed by atoms with E-state index in [0.717, 1.165) is 0 Å². The molecule has 0 saturated heterocycles. The Morgan fingerprint density at radius 1 is 1.32 bits per heavy atom. The van der Waals surface area contributed by atoms with Gasteiger partial charge in [0.05, 0.1) is 18.2 Å². The summed E-state index contributed by atoms with van der Waals surface area (Å²) >= 11 is 0. The molecule has 19 heavy (non-hydrogen) atoms. The minimum atomic E-state index is -4.33. The van der Waals surface area contributed by atoms with Crippen LogP contribution >= 0.6 is 0 Å². The summed E-state index contributed by atoms with van der Waals surface area (Å²) in [7, 11) is 0. The number of aliphatic hydroxyl groups is 1. The highest BCUT2D eigenvalue weighted by Gasteiger charge is 2.30. The number of rotatable bonds is 4. The summed E-state index contributed by atoms with van der Waals surface area (Å²) in [5.41, 5.74) is -0.123. The van der Waals surface area contributed by atoms with Gasteiger partial charge in [-0.1, -0.05) is 6.07 Å². The maximum Gasteiger partial charge on any atom is 0.394 e. The lowest BCUT2D eigenvalue weighted by Gasteiger charge is -2.24. The Hall–Kier alpha value is -1.14. The number of halogens is 3. The molecule has 1 rings (SSSR count). The van der Waals surface area contributed by atoms with Gasteiger partial charge in [0, 0.05) is 23.8 Å². The summed E-state index contributed by atoms with van der Waals surface area (Å²) in [5.74, 6) is 0. The SMILES string of the molecule is CC(C)(C)NC[C@H](O)c1cccnc1CC(F)(F)F. The summed E-state index contributed by atoms with van der Waals surface area (Å²) in [6, 6.07) is 3.00. The molecule has 1 aromatic rings. The van der Waals surface area contributed by atoms with Crippen LogP contribution in [-0.4, -0.2) is 28.4 Å². The van der Waals surface area contributed by atoms with Crippen molar-refractivity contribution < 1.29 is 18.3 Å². The molecule has 0 radical (unpaired) electrons. The second-order valence-electron chi connectivity index (χ2n) is 5.48. The topological polar surface area (TPSA) is 45.1 Å². The molecule has 0 aromatic carbocycles. The summed E-state index contributed by atoms with van der Waals surface area (Å²) in [4.78, 5) is 3.72. The number of hydrogen-bond acceptors (Lipinski definition) is 3. The Morgan fingerprint density at radius 3 is 2.47 bits per heavy atom. The highest BCUT2D eigenvalue weighted by molar-refractivity contribution is 5.23. The van der Waals surface area contributed by atoms with Gasteiger partial charge in [-0.3, -0.25) is 4.98 Å². The fourth-order valence-electron chi connectivity index (χ4n) is 1.60. The minimum absolute atomic E-state index is 0.127. The lowest BCUT2D eigenvalue weighted by Crippen LogP contribution is -2.38. The van der Waals surface area contributed by atoms with Crippen molar-refractivity contribution in [2.75, 3.05) is 6.54 Å². The maximum atomic E-state index is 12.4. The number of alkyl halides is 3. The van der Waals surface area contributed by atoms with Gasteiger partial charge >= 0.3 is 6.18 Å². The van der Waals surface area contributed by atoms with Crippen LogP contribution in [0, 0.1) is 0 Å². The Labute approximate surface area is 110 Å². The van der Waals surface area contributed by atoms with E-state index < -0.39 is 18.7 Å². The summed E-state index contributed by atoms with van der Waals surface area (Å²) in [6.07, 6.45) is -5.17. The van der Waals surface area contributed by atoms with Crippen LogP contribution < -0.4 is 5.32 Å². The van der Waals surface area contributed by atoms with Crippen molar-refractivity contribution in [1.82, 2.24) is 10.3 Å². The van der Waals surface area contributed by atoms with Crippen LogP contribution in [0.3, 0.4) is 0 Å². The van der Waals surface area contributed by atoms with Crippen molar-refractivity contribution in [3.8, 4) is 0 Å². The van der Waals surface area contributed by atoms with Crippen LogP contribution in [-0.2, 0) is 6.42 Å². The summed E-state index contributed by atoms with van der Waals surface area (Å²) in [5, 5.41) is 13.0. The molecule has 0 aliphatic carbocycles. The van der Waals surface area contributed by atoms with Crippen LogP contribution in [0.15, 0.2) is 18.3 Å². The molecule has 6 heteroatoms. The maximum absolute atomic E-state index is 12.4. The van der Waals surface area contributed by atoms with Gasteiger partial charge in [-0.25, -0.2) is 0 Å². The van der Waals surface area contributed by atoms with Crippen molar-refractivity contribution in [1.29, 1.82) is 0 Å². The van der Waals surface area contributed by atoms with E-state index in [4.69, 9.17) is 0 Å². The lowest BCUT2D eigenvalue weighted by molar-refractivity contribution is -0.128. The molecule has 0 aliphatic rings. The lowest BCUT2D eigenvalue weighted by atomic mass is 10.0. The van der Waals surface area contributed by atoms with Crippen molar-refractivity contribution in [2.24, 2.45) is 0 Å². The first-order valence-electron chi connectivity index (χ1n) is 6.02. The van der Waals surface area contributed by atoms with Crippen LogP contribution in [0.25, 0.3) is 0 Å². The third-order valence-corrected chi connectivity index (χ3v) is 2.48. The molecule has 0 aliphatic heterocycles. The number of β-amino-alcohol motifs (C(OH)–C–C–N with tert-alkyl or cyclic N) is 1. The smallest absolute Gasteiger partial charge is 0.387 e. The second kappa shape index (κ2) is 5.88. The first-order chi connectivity index (χ1) is 8.58. The number of aromatic nitrogens is 1. The molecular formula is C13H19F3N2O. The van der Waals surface area contributed by atoms with E-state index in [1.165, 1.54) is 18.3 Å². The quantitative estimate of drug-likeness (QED) is 0.888. The van der Waals surface area contributed by atoms with E-state index in [1.54, 1.807) is 0 Å². The van der Waals surface area contributed by atoms with E-state index in [-0.39, 0.29) is 23.3 Å². The van der Waals surface area contributed by atoms with Crippen LogP contribution in [0.4, 0.5) is 13.2 Å². The number of nitrogens with zero attached hydrogens (tertiary/aromatic N) is 1. The van der Waals surface area contributed by atoms with E-state index in [9.17, 15) is 18.3 Å². The molecule has 0 bridgehead atoms. The predicted molar refractivity (Wildman–Crippen MR) is 66.7 cm³/mol. The molecular weight excluding hydrogens is 257 g/mol. The molecule has 0 amide bonds. The fraction of sp³-hybridized carbons (Fsp3) is 0.615. The van der Waals surface area contributed by atoms with Gasteiger partial charge in [-0.05, 0) is 26.8 Å². The van der Waals surface area contributed by atoms with Gasteiger partial charge in [-0.2, -0.15) is 13.2 Å². The van der Waals surface area contributed by atoms with Crippen molar-refractivity contribution in [2.45, 2.75) is 45.0 Å². The molecule has 108 valence electrons. The molecule has 0 spiro atoms. The number of pyridine rings is 1. The van der Waals surface area contributed by atoms with E-state index in [2.05, 4.69) is 10.3 Å². The zero-order valence-corrected chi connectivity index (χ0v) is 11.3. The zero-order valence-electron chi connectivity index (χ0n) is 11.3. The average Bonchev–Trinajstić information content (AvgIpc) is 2.23. The average molecular weight is 276 g/mol. The summed E-state index contributed by atoms with van der Waals surface area (Å²) in [6.45, 7) is 5.93. The number of hydrogen-bond donors (Lipinski definition) is 2. The number of nitrogens with one attached hydrogen (secondary N) is 1. The Bertz CT molecular complexity index is 413. The van der Waals surface area contributed by atoms with Gasteiger partial charge in [0.25, 0.3) is 0 Å². The normalized spacial score (nSPS) is 14.5. The largest absolute Gasteiger partial charge is 0.394 e. The highest BCUT2D eigenvalue weighted by Crippen LogP contribution is 2.25. The molecule has 1 atom stereocenters. The van der Waals surface area contributed by atoms with Crippen LogP contribution in [0.2, 0.25) is 0 Å². The van der Waals surface area contributed by atoms with Crippen LogP contribution in [0.1, 0.15) is 38.1 Å². The first kappa shape index (κ1) is 15.9. The molecule has 1 heterocycles. The second-order valence-corrected chi connectivity index (χ2v) is 5.48. The van der Waals surface area contributed by atoms with Crippen molar-refractivity contribution >= 4 is 0 Å². The standard InChI is InChI=1S/C13H19F3N2O/c1-12(2,3)18-8-11(19)9-5-4-6-17-10(9)7-13(14,15)16/h4-6,11,18-19H,7-8H2,1-3H3/t11-/m0/s1. The summed E-state index contributed by atoms with van der Waals surface area (Å²) < 4.78 is 37.3. The Balaban J connectivity index is 2.82. The van der Waals surface area contributed by atoms with Crippen molar-refractivity contribution in [3.63, 3.8) is 0 Å². The molecule has 3 nitrogen and oxygen atoms in total. The predicted octanol–water partition coefficient (Wildman–Crippen LogP) is 2.61. The van der Waals surface area contributed by atoms with E-state index in [1.807, 2.05) is 20.8 Å². The fourth-order valence-corrected chi connectivity index (χ4v) is 1.60. The Morgan fingerprint density at radius 2 is 1.95 bits per heavy atom. The van der Waals surface area contributed by atoms with E-state index in [0.29, 0.717) is 0 Å². The first-order valence-corrected chi connectivity index (χ1v) is 6.02. The highest BCUT2D eigenvalue weighted by atomic mass is 19.4. The van der Waals surface area contributed by atoms with E-state index >= 15 is 0 Å². The van der Waals surface area contributed by atoms with Gasteiger partial charge in [-0.15, -0.1) is 0 Å². The monoisotopic (exact) mass is 276 g/mol. The molecule has 1 aromatic heterocycles. The number of aliphatic hydroxyl groups excluding tert-OH is 1. The minimum Gasteiger partial charge on any atom is -0.387 e. The molecule has 0 saturated carbocycles. The molecule has 0 unspecified atom stereocenters. The van der Waals surface area contributed by atoms with Crippen molar-refractivity contribution in [3.05, 3.63) is 29.6 Å². The van der Waals surface area contributed by atoms with Gasteiger partial charge in [0.2, 0.25) is 0 Å². The zero-order chi connectivity index (χ0) is 14.7. The van der Waals surface area contributed by atoms with Crippen LogP contribution in [0.5, 0.6) is 0 Å². The molecule has 2 N–H and O–H groups in total. The molecule has 0 fully saturated rings.